The van der Waals surface area contributed by atoms with Crippen LogP contribution in [0.25, 0.3) is 0 Å². The number of amides is 2. The molecule has 0 spiro atoms. The molecule has 1 fully saturated rings. The fourth-order valence-electron chi connectivity index (χ4n) is 2.68. The first-order valence-corrected chi connectivity index (χ1v) is 8.33. The summed E-state index contributed by atoms with van der Waals surface area (Å²) < 4.78 is 1.87. The first-order chi connectivity index (χ1) is 10.5. The van der Waals surface area contributed by atoms with E-state index in [9.17, 15) is 9.90 Å². The first-order valence-electron chi connectivity index (χ1n) is 8.33. The van der Waals surface area contributed by atoms with E-state index in [2.05, 4.69) is 46.9 Å². The average molecular weight is 322 g/mol. The molecule has 130 valence electrons. The van der Waals surface area contributed by atoms with Gasteiger partial charge in [0, 0.05) is 24.6 Å². The molecular weight excluding hydrogens is 292 g/mol. The van der Waals surface area contributed by atoms with Gasteiger partial charge in [0.05, 0.1) is 17.3 Å². The van der Waals surface area contributed by atoms with E-state index in [1.54, 1.807) is 4.90 Å². The maximum Gasteiger partial charge on any atom is 0.323 e. The second-order valence-electron chi connectivity index (χ2n) is 8.42. The number of likely N-dealkylation sites (tertiary alicyclic amines) is 1. The Kier molecular flexibility index (Phi) is 4.76. The van der Waals surface area contributed by atoms with E-state index < -0.39 is 6.10 Å². The van der Waals surface area contributed by atoms with Gasteiger partial charge in [-0.15, -0.1) is 0 Å². The standard InChI is InChI=1S/C17H30N4O2/c1-16(2,3)13-10-14(21(19-13)17(4,5)6)18-15(23)20-9-7-8-12(22)11-20/h10,12,22H,7-9,11H2,1-6H3,(H,18,23)/t12-/m1/s1. The number of rotatable bonds is 1. The molecule has 6 heteroatoms. The van der Waals surface area contributed by atoms with Gasteiger partial charge >= 0.3 is 6.03 Å². The second kappa shape index (κ2) is 6.15. The van der Waals surface area contributed by atoms with Crippen molar-refractivity contribution in [3.05, 3.63) is 11.8 Å². The average Bonchev–Trinajstić information content (AvgIpc) is 2.82. The van der Waals surface area contributed by atoms with E-state index in [0.717, 1.165) is 18.5 Å². The smallest absolute Gasteiger partial charge is 0.323 e. The van der Waals surface area contributed by atoms with E-state index in [1.165, 1.54) is 0 Å². The Morgan fingerprint density at radius 1 is 1.30 bits per heavy atom. The van der Waals surface area contributed by atoms with Crippen molar-refractivity contribution in [2.75, 3.05) is 18.4 Å². The SMILES string of the molecule is CC(C)(C)c1cc(NC(=O)N2CCC[C@@H](O)C2)n(C(C)(C)C)n1. The van der Waals surface area contributed by atoms with Crippen LogP contribution in [0.1, 0.15) is 60.1 Å². The highest BCUT2D eigenvalue weighted by molar-refractivity contribution is 5.88. The number of urea groups is 1. The molecule has 23 heavy (non-hydrogen) atoms. The Morgan fingerprint density at radius 2 is 1.96 bits per heavy atom. The molecule has 2 heterocycles. The van der Waals surface area contributed by atoms with Gasteiger partial charge in [0.15, 0.2) is 0 Å². The van der Waals surface area contributed by atoms with Gasteiger partial charge in [0.25, 0.3) is 0 Å². The number of piperidine rings is 1. The molecule has 6 nitrogen and oxygen atoms in total. The Bertz CT molecular complexity index is 566. The summed E-state index contributed by atoms with van der Waals surface area (Å²) in [5, 5.41) is 17.4. The van der Waals surface area contributed by atoms with E-state index in [-0.39, 0.29) is 17.0 Å². The monoisotopic (exact) mass is 322 g/mol. The highest BCUT2D eigenvalue weighted by atomic mass is 16.3. The van der Waals surface area contributed by atoms with Gasteiger partial charge in [0.1, 0.15) is 5.82 Å². The van der Waals surface area contributed by atoms with Gasteiger partial charge < -0.3 is 10.0 Å². The van der Waals surface area contributed by atoms with Crippen molar-refractivity contribution in [3.63, 3.8) is 0 Å². The number of carbonyl (C=O) groups excluding carboxylic acids is 1. The molecule has 2 amide bonds. The van der Waals surface area contributed by atoms with Crippen molar-refractivity contribution in [3.8, 4) is 0 Å². The first kappa shape index (κ1) is 17.8. The number of aliphatic hydroxyl groups is 1. The van der Waals surface area contributed by atoms with E-state index in [0.29, 0.717) is 18.9 Å². The molecule has 1 saturated heterocycles. The third-order valence-electron chi connectivity index (χ3n) is 4.03. The van der Waals surface area contributed by atoms with Crippen molar-refractivity contribution in [1.29, 1.82) is 0 Å². The van der Waals surface area contributed by atoms with Crippen molar-refractivity contribution in [1.82, 2.24) is 14.7 Å². The number of aliphatic hydroxyl groups excluding tert-OH is 1. The molecule has 1 atom stereocenters. The van der Waals surface area contributed by atoms with Gasteiger partial charge in [-0.3, -0.25) is 5.32 Å². The van der Waals surface area contributed by atoms with Crippen LogP contribution in [0, 0.1) is 0 Å². The van der Waals surface area contributed by atoms with Crippen molar-refractivity contribution in [2.45, 2.75) is 71.4 Å². The van der Waals surface area contributed by atoms with Crippen molar-refractivity contribution < 1.29 is 9.90 Å². The molecule has 1 aliphatic heterocycles. The van der Waals surface area contributed by atoms with Crippen molar-refractivity contribution >= 4 is 11.8 Å². The van der Waals surface area contributed by atoms with Crippen LogP contribution in [-0.2, 0) is 11.0 Å². The minimum Gasteiger partial charge on any atom is -0.391 e. The Morgan fingerprint density at radius 3 is 2.48 bits per heavy atom. The van der Waals surface area contributed by atoms with Crippen LogP contribution >= 0.6 is 0 Å². The quantitative estimate of drug-likeness (QED) is 0.835. The third kappa shape index (κ3) is 4.25. The Balaban J connectivity index is 2.24. The summed E-state index contributed by atoms with van der Waals surface area (Å²) in [6.45, 7) is 13.6. The van der Waals surface area contributed by atoms with Gasteiger partial charge in [-0.25, -0.2) is 9.48 Å². The van der Waals surface area contributed by atoms with Gasteiger partial charge in [-0.1, -0.05) is 20.8 Å². The summed E-state index contributed by atoms with van der Waals surface area (Å²) in [7, 11) is 0. The number of aromatic nitrogens is 2. The number of anilines is 1. The van der Waals surface area contributed by atoms with Crippen LogP contribution in [-0.4, -0.2) is 45.0 Å². The molecule has 0 saturated carbocycles. The lowest BCUT2D eigenvalue weighted by Gasteiger charge is -2.30. The molecule has 0 aliphatic carbocycles. The zero-order valence-electron chi connectivity index (χ0n) is 15.2. The summed E-state index contributed by atoms with van der Waals surface area (Å²) in [5.74, 6) is 0.701. The van der Waals surface area contributed by atoms with E-state index >= 15 is 0 Å². The highest BCUT2D eigenvalue weighted by Gasteiger charge is 2.28. The maximum absolute atomic E-state index is 12.5. The minimum absolute atomic E-state index is 0.0860. The van der Waals surface area contributed by atoms with Crippen LogP contribution in [0.3, 0.4) is 0 Å². The summed E-state index contributed by atoms with van der Waals surface area (Å²) in [6, 6.07) is 1.78. The lowest BCUT2D eigenvalue weighted by molar-refractivity contribution is 0.0882. The molecule has 0 unspecified atom stereocenters. The molecule has 1 aliphatic rings. The Labute approximate surface area is 138 Å². The number of nitrogens with zero attached hydrogens (tertiary/aromatic N) is 3. The predicted octanol–water partition coefficient (Wildman–Crippen LogP) is 2.92. The lowest BCUT2D eigenvalue weighted by atomic mass is 9.92. The largest absolute Gasteiger partial charge is 0.391 e. The fraction of sp³-hybridized carbons (Fsp3) is 0.765. The molecular formula is C17H30N4O2. The summed E-state index contributed by atoms with van der Waals surface area (Å²) in [6.07, 6.45) is 1.17. The van der Waals surface area contributed by atoms with Crippen LogP contribution in [0.15, 0.2) is 6.07 Å². The topological polar surface area (TPSA) is 70.4 Å². The van der Waals surface area contributed by atoms with Crippen LogP contribution in [0.2, 0.25) is 0 Å². The highest BCUT2D eigenvalue weighted by Crippen LogP contribution is 2.28. The van der Waals surface area contributed by atoms with Crippen LogP contribution in [0.5, 0.6) is 0 Å². The van der Waals surface area contributed by atoms with Gasteiger partial charge in [0.2, 0.25) is 0 Å². The number of β-amino-alcohol motifs (C(OH)–C–C–N with tert-alkyl or cyclic N) is 1. The molecule has 0 aromatic carbocycles. The van der Waals surface area contributed by atoms with Gasteiger partial charge in [-0.05, 0) is 33.6 Å². The molecule has 1 aromatic rings. The van der Waals surface area contributed by atoms with Crippen molar-refractivity contribution in [2.24, 2.45) is 0 Å². The van der Waals surface area contributed by atoms with E-state index in [4.69, 9.17) is 5.10 Å². The number of carbonyl (C=O) groups is 1. The van der Waals surface area contributed by atoms with E-state index in [1.807, 2.05) is 10.7 Å². The number of nitrogens with one attached hydrogen (secondary N) is 1. The zero-order chi connectivity index (χ0) is 17.4. The normalized spacial score (nSPS) is 19.8. The van der Waals surface area contributed by atoms with Gasteiger partial charge in [-0.2, -0.15) is 5.10 Å². The van der Waals surface area contributed by atoms with Crippen LogP contribution < -0.4 is 5.32 Å². The molecule has 0 bridgehead atoms. The Hall–Kier alpha value is -1.56. The van der Waals surface area contributed by atoms with Crippen LogP contribution in [0.4, 0.5) is 10.6 Å². The lowest BCUT2D eigenvalue weighted by Crippen LogP contribution is -2.44. The summed E-state index contributed by atoms with van der Waals surface area (Å²) in [4.78, 5) is 14.2. The molecule has 1 aromatic heterocycles. The fourth-order valence-corrected chi connectivity index (χ4v) is 2.68. The second-order valence-corrected chi connectivity index (χ2v) is 8.42. The zero-order valence-corrected chi connectivity index (χ0v) is 15.2. The molecule has 2 N–H and O–H groups in total. The predicted molar refractivity (Wildman–Crippen MR) is 91.8 cm³/mol. The number of hydrogen-bond acceptors (Lipinski definition) is 3. The summed E-state index contributed by atoms with van der Waals surface area (Å²) >= 11 is 0. The number of hydrogen-bond donors (Lipinski definition) is 2. The molecule has 0 radical (unpaired) electrons. The molecule has 2 rings (SSSR count). The maximum atomic E-state index is 12.5. The summed E-state index contributed by atoms with van der Waals surface area (Å²) in [5.41, 5.74) is 0.631. The third-order valence-corrected chi connectivity index (χ3v) is 4.03. The minimum atomic E-state index is -0.424.